The summed E-state index contributed by atoms with van der Waals surface area (Å²) in [5, 5.41) is 10.6. The normalized spacial score (nSPS) is 19.0. The van der Waals surface area contributed by atoms with Crippen LogP contribution in [0.2, 0.25) is 0 Å². The lowest BCUT2D eigenvalue weighted by Crippen LogP contribution is -2.17. The number of likely N-dealkylation sites (tertiary alicyclic amines) is 1. The molecular weight excluding hydrogens is 339 g/mol. The van der Waals surface area contributed by atoms with E-state index < -0.39 is 11.7 Å². The number of aromatic nitrogens is 3. The van der Waals surface area contributed by atoms with Gasteiger partial charge in [0.15, 0.2) is 5.58 Å². The van der Waals surface area contributed by atoms with Gasteiger partial charge in [-0.25, -0.2) is 0 Å². The van der Waals surface area contributed by atoms with Gasteiger partial charge in [-0.2, -0.15) is 18.2 Å². The van der Waals surface area contributed by atoms with E-state index >= 15 is 0 Å². The Labute approximate surface area is 139 Å². The molecule has 3 aromatic rings. The first kappa shape index (κ1) is 15.9. The Bertz CT molecular complexity index is 904. The van der Waals surface area contributed by atoms with Gasteiger partial charge in [0, 0.05) is 0 Å². The van der Waals surface area contributed by atoms with Gasteiger partial charge in [0.05, 0.1) is 11.6 Å². The topological polar surface area (TPSA) is 80.2 Å². The number of fused-ring (bicyclic) bond motifs is 1. The van der Waals surface area contributed by atoms with Crippen LogP contribution in [0.15, 0.2) is 27.0 Å². The quantitative estimate of drug-likeness (QED) is 0.768. The van der Waals surface area contributed by atoms with Gasteiger partial charge in [0.25, 0.3) is 0 Å². The van der Waals surface area contributed by atoms with Gasteiger partial charge in [-0.3, -0.25) is 10.2 Å². The van der Waals surface area contributed by atoms with E-state index in [0.29, 0.717) is 5.89 Å². The highest BCUT2D eigenvalue weighted by Crippen LogP contribution is 2.33. The maximum absolute atomic E-state index is 12.7. The van der Waals surface area contributed by atoms with E-state index in [1.807, 2.05) is 7.05 Å². The van der Waals surface area contributed by atoms with Gasteiger partial charge < -0.3 is 8.83 Å². The van der Waals surface area contributed by atoms with E-state index in [0.717, 1.165) is 31.5 Å². The van der Waals surface area contributed by atoms with Crippen molar-refractivity contribution in [2.75, 3.05) is 18.9 Å². The molecule has 132 valence electrons. The first-order valence-corrected chi connectivity index (χ1v) is 7.68. The molecule has 1 atom stereocenters. The lowest BCUT2D eigenvalue weighted by atomic mass is 10.2. The Kier molecular flexibility index (Phi) is 3.64. The summed E-state index contributed by atoms with van der Waals surface area (Å²) in [6.07, 6.45) is -2.45. The molecule has 25 heavy (non-hydrogen) atoms. The Morgan fingerprint density at radius 3 is 2.76 bits per heavy atom. The van der Waals surface area contributed by atoms with Crippen molar-refractivity contribution in [1.82, 2.24) is 20.1 Å². The molecule has 0 amide bonds. The molecule has 1 N–H and O–H groups in total. The molecule has 0 spiro atoms. The van der Waals surface area contributed by atoms with E-state index in [1.54, 1.807) is 0 Å². The third-order valence-corrected chi connectivity index (χ3v) is 4.17. The third-order valence-electron chi connectivity index (χ3n) is 4.17. The standard InChI is InChI=1S/C15H14F3N5O2/c1-23-6-2-3-10(23)12-21-22-14(25-12)20-13-19-9-7-8(15(16,17)18)4-5-11(9)24-13/h4-5,7,10H,2-3,6H2,1H3,(H,19,20,22)/t10-/m1/s1. The SMILES string of the molecule is CN1CCC[C@@H]1c1nnc(Nc2nc3cc(C(F)(F)F)ccc3o2)o1. The summed E-state index contributed by atoms with van der Waals surface area (Å²) in [5.74, 6) is 0.484. The van der Waals surface area contributed by atoms with Crippen molar-refractivity contribution in [2.24, 2.45) is 0 Å². The van der Waals surface area contributed by atoms with Gasteiger partial charge >= 0.3 is 18.2 Å². The van der Waals surface area contributed by atoms with Crippen LogP contribution >= 0.6 is 0 Å². The van der Waals surface area contributed by atoms with Crippen LogP contribution < -0.4 is 5.32 Å². The van der Waals surface area contributed by atoms with Crippen molar-refractivity contribution >= 4 is 23.1 Å². The van der Waals surface area contributed by atoms with Gasteiger partial charge in [0.1, 0.15) is 5.52 Å². The van der Waals surface area contributed by atoms with Crippen molar-refractivity contribution in [3.63, 3.8) is 0 Å². The molecule has 3 heterocycles. The molecule has 1 aromatic carbocycles. The molecule has 0 saturated carbocycles. The molecule has 7 nitrogen and oxygen atoms in total. The van der Waals surface area contributed by atoms with E-state index in [-0.39, 0.29) is 29.2 Å². The van der Waals surface area contributed by atoms with E-state index in [4.69, 9.17) is 8.83 Å². The summed E-state index contributed by atoms with van der Waals surface area (Å²) in [6, 6.07) is 3.24. The minimum absolute atomic E-state index is 0.00991. The second kappa shape index (κ2) is 5.73. The van der Waals surface area contributed by atoms with Crippen LogP contribution in [0.1, 0.15) is 30.3 Å². The third kappa shape index (κ3) is 3.04. The number of anilines is 2. The maximum Gasteiger partial charge on any atom is 0.416 e. The zero-order valence-electron chi connectivity index (χ0n) is 13.2. The molecule has 0 radical (unpaired) electrons. The van der Waals surface area contributed by atoms with E-state index in [2.05, 4.69) is 25.4 Å². The molecule has 0 unspecified atom stereocenters. The largest absolute Gasteiger partial charge is 0.423 e. The van der Waals surface area contributed by atoms with Crippen molar-refractivity contribution in [1.29, 1.82) is 0 Å². The number of oxazole rings is 1. The molecule has 10 heteroatoms. The van der Waals surface area contributed by atoms with Gasteiger partial charge in [-0.15, -0.1) is 5.10 Å². The Morgan fingerprint density at radius 1 is 1.20 bits per heavy atom. The molecule has 1 aliphatic heterocycles. The number of nitrogens with one attached hydrogen (secondary N) is 1. The number of hydrogen-bond donors (Lipinski definition) is 1. The summed E-state index contributed by atoms with van der Waals surface area (Å²) in [5.41, 5.74) is -0.470. The fourth-order valence-corrected chi connectivity index (χ4v) is 2.89. The molecule has 1 saturated heterocycles. The second-order valence-corrected chi connectivity index (χ2v) is 5.91. The highest BCUT2D eigenvalue weighted by molar-refractivity contribution is 5.75. The molecule has 0 bridgehead atoms. The van der Waals surface area contributed by atoms with Crippen molar-refractivity contribution < 1.29 is 22.0 Å². The molecular formula is C15H14F3N5O2. The minimum Gasteiger partial charge on any atom is -0.423 e. The molecule has 0 aliphatic carbocycles. The van der Waals surface area contributed by atoms with Crippen molar-refractivity contribution in [2.45, 2.75) is 25.1 Å². The number of nitrogens with zero attached hydrogens (tertiary/aromatic N) is 4. The van der Waals surface area contributed by atoms with Crippen molar-refractivity contribution in [3.05, 3.63) is 29.7 Å². The fourth-order valence-electron chi connectivity index (χ4n) is 2.89. The summed E-state index contributed by atoms with van der Waals surface area (Å²) < 4.78 is 49.1. The van der Waals surface area contributed by atoms with Crippen LogP contribution in [0.3, 0.4) is 0 Å². The monoisotopic (exact) mass is 353 g/mol. The Morgan fingerprint density at radius 2 is 2.04 bits per heavy atom. The zero-order valence-corrected chi connectivity index (χ0v) is 13.2. The number of benzene rings is 1. The Balaban J connectivity index is 1.56. The van der Waals surface area contributed by atoms with Crippen LogP contribution in [0.4, 0.5) is 25.2 Å². The summed E-state index contributed by atoms with van der Waals surface area (Å²) in [4.78, 5) is 6.11. The lowest BCUT2D eigenvalue weighted by molar-refractivity contribution is -0.137. The van der Waals surface area contributed by atoms with E-state index in [9.17, 15) is 13.2 Å². The highest BCUT2D eigenvalue weighted by Gasteiger charge is 2.31. The van der Waals surface area contributed by atoms with Crippen LogP contribution in [0.5, 0.6) is 0 Å². The number of alkyl halides is 3. The fraction of sp³-hybridized carbons (Fsp3) is 0.400. The average Bonchev–Trinajstić information content (AvgIpc) is 3.24. The second-order valence-electron chi connectivity index (χ2n) is 5.91. The number of rotatable bonds is 3. The summed E-state index contributed by atoms with van der Waals surface area (Å²) in [6.45, 7) is 0.961. The van der Waals surface area contributed by atoms with Gasteiger partial charge in [-0.05, 0) is 44.6 Å². The molecule has 1 aliphatic rings. The summed E-state index contributed by atoms with van der Waals surface area (Å²) in [7, 11) is 1.98. The average molecular weight is 353 g/mol. The number of hydrogen-bond acceptors (Lipinski definition) is 7. The molecule has 2 aromatic heterocycles. The highest BCUT2D eigenvalue weighted by atomic mass is 19.4. The van der Waals surface area contributed by atoms with Crippen LogP contribution in [-0.2, 0) is 6.18 Å². The molecule has 1 fully saturated rings. The van der Waals surface area contributed by atoms with E-state index in [1.165, 1.54) is 6.07 Å². The number of halogens is 3. The summed E-state index contributed by atoms with van der Waals surface area (Å²) >= 11 is 0. The predicted octanol–water partition coefficient (Wildman–Crippen LogP) is 3.74. The lowest BCUT2D eigenvalue weighted by Gasteiger charge is -2.14. The minimum atomic E-state index is -4.44. The van der Waals surface area contributed by atoms with Crippen LogP contribution in [0.25, 0.3) is 11.1 Å². The van der Waals surface area contributed by atoms with Crippen LogP contribution in [-0.4, -0.2) is 33.7 Å². The molecule has 4 rings (SSSR count). The smallest absolute Gasteiger partial charge is 0.416 e. The zero-order chi connectivity index (χ0) is 17.6. The first-order chi connectivity index (χ1) is 11.9. The first-order valence-electron chi connectivity index (χ1n) is 7.68. The predicted molar refractivity (Wildman–Crippen MR) is 81.2 cm³/mol. The maximum atomic E-state index is 12.7. The van der Waals surface area contributed by atoms with Gasteiger partial charge in [-0.1, -0.05) is 5.10 Å². The van der Waals surface area contributed by atoms with Gasteiger partial charge in [0.2, 0.25) is 5.89 Å². The van der Waals surface area contributed by atoms with Crippen LogP contribution in [0, 0.1) is 0 Å². The Hall–Kier alpha value is -2.62. The van der Waals surface area contributed by atoms with Crippen molar-refractivity contribution in [3.8, 4) is 0 Å².